The number of aryl methyl sites for hydroxylation is 1. The monoisotopic (exact) mass is 624 g/mol. The largest absolute Gasteiger partial charge is 0.455 e. The highest BCUT2D eigenvalue weighted by Gasteiger charge is 2.40. The minimum atomic E-state index is -0.895. The lowest BCUT2D eigenvalue weighted by Crippen LogP contribution is -2.33. The maximum atomic E-state index is 7.33. The molecule has 7 rings (SSSR count). The Bertz CT molecular complexity index is 1700. The van der Waals surface area contributed by atoms with E-state index in [2.05, 4.69) is 166 Å². The molecule has 216 valence electrons. The van der Waals surface area contributed by atoms with Crippen LogP contribution in [0.5, 0.6) is 11.5 Å². The van der Waals surface area contributed by atoms with E-state index in [9.17, 15) is 0 Å². The molecule has 0 saturated carbocycles. The van der Waals surface area contributed by atoms with Gasteiger partial charge in [0.05, 0.1) is 0 Å². The van der Waals surface area contributed by atoms with Gasteiger partial charge in [0.1, 0.15) is 11.5 Å². The number of hydrogen-bond acceptors (Lipinski definition) is 2. The van der Waals surface area contributed by atoms with E-state index in [0.29, 0.717) is 0 Å². The van der Waals surface area contributed by atoms with Crippen molar-refractivity contribution < 1.29 is 4.74 Å². The number of hydrogen-bond donors (Lipinski definition) is 1. The van der Waals surface area contributed by atoms with Crippen molar-refractivity contribution in [1.29, 1.82) is 0 Å². The highest BCUT2D eigenvalue weighted by atomic mass is 32.1. The van der Waals surface area contributed by atoms with Crippen LogP contribution in [0.15, 0.2) is 150 Å². The topological polar surface area (TPSA) is 9.23 Å². The minimum absolute atomic E-state index is 0.292. The number of benzene rings is 6. The van der Waals surface area contributed by atoms with E-state index in [1.54, 1.807) is 0 Å². The number of fused-ring (bicyclic) bond motifs is 2. The molecule has 1 aliphatic rings. The standard InChI is InChI=1S/C40H34OP2S/c1-28-24-34-38(36(25-28)42(29-16-8-4-9-17-29)30-18-10-5-11-19-30)41-39-35(40(34,2)3)26-33(44)27-37(39)43(31-20-12-6-13-21-31)32-22-14-7-15-23-32/h4-27,44H,1-3H3. The van der Waals surface area contributed by atoms with Crippen molar-refractivity contribution in [3.8, 4) is 11.5 Å². The number of thiol groups is 1. The van der Waals surface area contributed by atoms with Crippen LogP contribution in [-0.4, -0.2) is 0 Å². The molecule has 6 aromatic carbocycles. The van der Waals surface area contributed by atoms with E-state index in [4.69, 9.17) is 17.4 Å². The van der Waals surface area contributed by atoms with Crippen LogP contribution in [0, 0.1) is 6.92 Å². The van der Waals surface area contributed by atoms with Gasteiger partial charge in [-0.15, -0.1) is 12.6 Å². The van der Waals surface area contributed by atoms with Gasteiger partial charge in [0.2, 0.25) is 0 Å². The molecule has 6 aromatic rings. The van der Waals surface area contributed by atoms with Crippen molar-refractivity contribution in [3.63, 3.8) is 0 Å². The van der Waals surface area contributed by atoms with Crippen molar-refractivity contribution in [2.75, 3.05) is 0 Å². The van der Waals surface area contributed by atoms with Crippen LogP contribution in [0.1, 0.15) is 30.5 Å². The van der Waals surface area contributed by atoms with Gasteiger partial charge in [-0.3, -0.25) is 0 Å². The summed E-state index contributed by atoms with van der Waals surface area (Å²) in [5, 5.41) is 7.68. The third-order valence-corrected chi connectivity index (χ3v) is 13.5. The number of ether oxygens (including phenoxy) is 1. The van der Waals surface area contributed by atoms with E-state index in [1.165, 1.54) is 48.5 Å². The SMILES string of the molecule is Cc1cc(P(c2ccccc2)c2ccccc2)c2c(c1)C(C)(C)c1cc(S)cc(P(c3ccccc3)c3ccccc3)c1O2. The molecule has 0 aromatic heterocycles. The van der Waals surface area contributed by atoms with E-state index in [1.807, 2.05) is 0 Å². The summed E-state index contributed by atoms with van der Waals surface area (Å²) in [6.45, 7) is 6.89. The molecule has 0 aliphatic carbocycles. The average molecular weight is 625 g/mol. The Kier molecular flexibility index (Phi) is 7.94. The van der Waals surface area contributed by atoms with Crippen LogP contribution in [0.4, 0.5) is 0 Å². The van der Waals surface area contributed by atoms with E-state index >= 15 is 0 Å². The summed E-state index contributed by atoms with van der Waals surface area (Å²) in [5.41, 5.74) is 3.37. The Morgan fingerprint density at radius 2 is 0.864 bits per heavy atom. The molecule has 0 radical (unpaired) electrons. The van der Waals surface area contributed by atoms with Gasteiger partial charge in [0, 0.05) is 32.0 Å². The minimum Gasteiger partial charge on any atom is -0.455 e. The van der Waals surface area contributed by atoms with Gasteiger partial charge < -0.3 is 4.74 Å². The molecular weight excluding hydrogens is 590 g/mol. The summed E-state index contributed by atoms with van der Waals surface area (Å²) < 4.78 is 7.33. The summed E-state index contributed by atoms with van der Waals surface area (Å²) in [4.78, 5) is 0.960. The summed E-state index contributed by atoms with van der Waals surface area (Å²) >= 11 is 4.98. The first-order valence-electron chi connectivity index (χ1n) is 14.9. The molecule has 0 fully saturated rings. The Hall–Kier alpha value is -3.67. The predicted molar refractivity (Wildman–Crippen MR) is 194 cm³/mol. The van der Waals surface area contributed by atoms with Gasteiger partial charge in [0.15, 0.2) is 0 Å². The van der Waals surface area contributed by atoms with Crippen molar-refractivity contribution in [1.82, 2.24) is 0 Å². The first-order chi connectivity index (χ1) is 21.4. The second-order valence-electron chi connectivity index (χ2n) is 11.7. The quantitative estimate of drug-likeness (QED) is 0.145. The summed E-state index contributed by atoms with van der Waals surface area (Å²) in [5.74, 6) is 1.97. The Morgan fingerprint density at radius 1 is 0.500 bits per heavy atom. The predicted octanol–water partition coefficient (Wildman–Crippen LogP) is 8.23. The third-order valence-electron chi connectivity index (χ3n) is 8.36. The van der Waals surface area contributed by atoms with Crippen LogP contribution < -0.4 is 36.6 Å². The van der Waals surface area contributed by atoms with Gasteiger partial charge in [0.25, 0.3) is 0 Å². The molecule has 4 heteroatoms. The lowest BCUT2D eigenvalue weighted by Gasteiger charge is -2.39. The van der Waals surface area contributed by atoms with Crippen molar-refractivity contribution in [2.45, 2.75) is 31.1 Å². The zero-order valence-corrected chi connectivity index (χ0v) is 27.8. The summed E-state index contributed by atoms with van der Waals surface area (Å²) in [6, 6.07) is 52.7. The molecule has 0 bridgehead atoms. The lowest BCUT2D eigenvalue weighted by molar-refractivity contribution is 0.424. The van der Waals surface area contributed by atoms with Crippen molar-refractivity contribution >= 4 is 60.3 Å². The van der Waals surface area contributed by atoms with Crippen LogP contribution in [0.2, 0.25) is 0 Å². The number of rotatable bonds is 6. The fourth-order valence-electron chi connectivity index (χ4n) is 6.24. The van der Waals surface area contributed by atoms with Gasteiger partial charge in [-0.05, 0) is 67.7 Å². The Labute approximate surface area is 268 Å². The Balaban J connectivity index is 1.49. The van der Waals surface area contributed by atoms with Crippen LogP contribution in [-0.2, 0) is 5.41 Å². The maximum Gasteiger partial charge on any atom is 0.139 e. The summed E-state index contributed by atoms with van der Waals surface area (Å²) in [7, 11) is -1.76. The average Bonchev–Trinajstić information content (AvgIpc) is 3.04. The fourth-order valence-corrected chi connectivity index (χ4v) is 11.5. The molecule has 0 saturated heterocycles. The van der Waals surface area contributed by atoms with Gasteiger partial charge in [-0.2, -0.15) is 0 Å². The van der Waals surface area contributed by atoms with Gasteiger partial charge >= 0.3 is 0 Å². The molecule has 0 spiro atoms. The molecule has 0 atom stereocenters. The second-order valence-corrected chi connectivity index (χ2v) is 16.6. The molecular formula is C40H34OP2S. The first-order valence-corrected chi connectivity index (χ1v) is 18.1. The smallest absolute Gasteiger partial charge is 0.139 e. The van der Waals surface area contributed by atoms with Crippen LogP contribution in [0.3, 0.4) is 0 Å². The van der Waals surface area contributed by atoms with E-state index in [0.717, 1.165) is 16.4 Å². The molecule has 1 aliphatic heterocycles. The summed E-state index contributed by atoms with van der Waals surface area (Å²) in [6.07, 6.45) is 0. The highest BCUT2D eigenvalue weighted by Crippen LogP contribution is 2.53. The fraction of sp³-hybridized carbons (Fsp3) is 0.100. The van der Waals surface area contributed by atoms with Gasteiger partial charge in [-0.1, -0.05) is 141 Å². The van der Waals surface area contributed by atoms with Gasteiger partial charge in [-0.25, -0.2) is 0 Å². The third kappa shape index (κ3) is 5.31. The zero-order chi connectivity index (χ0) is 30.3. The Morgan fingerprint density at radius 3 is 1.27 bits per heavy atom. The van der Waals surface area contributed by atoms with E-state index < -0.39 is 15.8 Å². The highest BCUT2D eigenvalue weighted by molar-refractivity contribution is 7.81. The van der Waals surface area contributed by atoms with Crippen molar-refractivity contribution in [2.24, 2.45) is 0 Å². The molecule has 44 heavy (non-hydrogen) atoms. The normalized spacial score (nSPS) is 13.3. The molecule has 1 nitrogen and oxygen atoms in total. The lowest BCUT2D eigenvalue weighted by atomic mass is 9.75. The van der Waals surface area contributed by atoms with E-state index in [-0.39, 0.29) is 5.41 Å². The zero-order valence-electron chi connectivity index (χ0n) is 25.1. The first kappa shape index (κ1) is 29.1. The molecule has 0 unspecified atom stereocenters. The maximum absolute atomic E-state index is 7.33. The molecule has 1 heterocycles. The molecule has 0 amide bonds. The van der Waals surface area contributed by atoms with Crippen molar-refractivity contribution in [3.05, 3.63) is 162 Å². The second kappa shape index (κ2) is 12.0. The van der Waals surface area contributed by atoms with Crippen LogP contribution in [0.25, 0.3) is 0 Å². The van der Waals surface area contributed by atoms with Crippen LogP contribution >= 0.6 is 28.5 Å². The molecule has 0 N–H and O–H groups in total.